The monoisotopic (exact) mass is 204 g/mol. The van der Waals surface area contributed by atoms with Crippen molar-refractivity contribution in [3.05, 3.63) is 48.5 Å². The van der Waals surface area contributed by atoms with Crippen LogP contribution in [0.3, 0.4) is 0 Å². The largest absolute Gasteiger partial charge is 0.452 e. The molecule has 0 aliphatic rings. The van der Waals surface area contributed by atoms with Crippen LogP contribution >= 0.6 is 0 Å². The molecule has 2 N–H and O–H groups in total. The van der Waals surface area contributed by atoms with Gasteiger partial charge in [0, 0.05) is 12.3 Å². The van der Waals surface area contributed by atoms with Crippen LogP contribution in [-0.2, 0) is 0 Å². The first kappa shape index (κ1) is 9.45. The Labute approximate surface area is 86.3 Å². The molecule has 0 spiro atoms. The van der Waals surface area contributed by atoms with Gasteiger partial charge in [-0.05, 0) is 12.1 Å². The van der Waals surface area contributed by atoms with E-state index in [0.717, 1.165) is 0 Å². The number of hydrogen-bond acceptors (Lipinski definition) is 3. The highest BCUT2D eigenvalue weighted by atomic mass is 19.1. The van der Waals surface area contributed by atoms with Crippen LogP contribution in [0.4, 0.5) is 10.1 Å². The first-order valence-electron chi connectivity index (χ1n) is 4.39. The van der Waals surface area contributed by atoms with Gasteiger partial charge in [0.1, 0.15) is 0 Å². The number of para-hydroxylation sites is 1. The topological polar surface area (TPSA) is 48.1 Å². The van der Waals surface area contributed by atoms with Gasteiger partial charge in [-0.3, -0.25) is 4.98 Å². The van der Waals surface area contributed by atoms with Crippen LogP contribution in [0.15, 0.2) is 42.7 Å². The summed E-state index contributed by atoms with van der Waals surface area (Å²) in [6.07, 6.45) is 2.99. The number of ether oxygens (including phenoxy) is 1. The Morgan fingerprint density at radius 2 is 1.93 bits per heavy atom. The third-order valence-corrected chi connectivity index (χ3v) is 1.87. The van der Waals surface area contributed by atoms with E-state index in [1.54, 1.807) is 18.2 Å². The number of aromatic nitrogens is 1. The molecule has 0 aliphatic carbocycles. The van der Waals surface area contributed by atoms with Crippen LogP contribution < -0.4 is 10.5 Å². The molecule has 0 bridgehead atoms. The summed E-state index contributed by atoms with van der Waals surface area (Å²) in [6.45, 7) is 0. The van der Waals surface area contributed by atoms with Gasteiger partial charge in [-0.15, -0.1) is 0 Å². The average molecular weight is 204 g/mol. The van der Waals surface area contributed by atoms with Crippen LogP contribution in [0.1, 0.15) is 0 Å². The fraction of sp³-hybridized carbons (Fsp3) is 0. The summed E-state index contributed by atoms with van der Waals surface area (Å²) in [5.74, 6) is 0.124. The summed E-state index contributed by atoms with van der Waals surface area (Å²) >= 11 is 0. The number of nitrogen functional groups attached to an aromatic ring is 1. The average Bonchev–Trinajstić information content (AvgIpc) is 2.24. The SMILES string of the molecule is Nc1cnccc1Oc1ccccc1F. The first-order valence-corrected chi connectivity index (χ1v) is 4.39. The second kappa shape index (κ2) is 3.96. The van der Waals surface area contributed by atoms with Crippen molar-refractivity contribution < 1.29 is 9.13 Å². The number of anilines is 1. The molecule has 1 aromatic heterocycles. The number of halogens is 1. The molecule has 1 heterocycles. The normalized spacial score (nSPS) is 9.93. The fourth-order valence-corrected chi connectivity index (χ4v) is 1.13. The predicted molar refractivity (Wildman–Crippen MR) is 55.1 cm³/mol. The lowest BCUT2D eigenvalue weighted by molar-refractivity contribution is 0.443. The number of hydrogen-bond donors (Lipinski definition) is 1. The molecule has 3 nitrogen and oxygen atoms in total. The zero-order chi connectivity index (χ0) is 10.7. The lowest BCUT2D eigenvalue weighted by Crippen LogP contribution is -1.93. The third kappa shape index (κ3) is 2.04. The maximum atomic E-state index is 13.2. The molecule has 0 radical (unpaired) electrons. The van der Waals surface area contributed by atoms with Crippen molar-refractivity contribution in [2.45, 2.75) is 0 Å². The van der Waals surface area contributed by atoms with E-state index in [-0.39, 0.29) is 5.75 Å². The molecule has 4 heteroatoms. The Kier molecular flexibility index (Phi) is 2.49. The van der Waals surface area contributed by atoms with Crippen molar-refractivity contribution in [1.29, 1.82) is 0 Å². The Hall–Kier alpha value is -2.10. The third-order valence-electron chi connectivity index (χ3n) is 1.87. The number of rotatable bonds is 2. The van der Waals surface area contributed by atoms with Gasteiger partial charge in [-0.1, -0.05) is 12.1 Å². The zero-order valence-electron chi connectivity index (χ0n) is 7.85. The molecule has 2 aromatic rings. The van der Waals surface area contributed by atoms with Crippen LogP contribution in [0.25, 0.3) is 0 Å². The molecular weight excluding hydrogens is 195 g/mol. The molecule has 15 heavy (non-hydrogen) atoms. The number of pyridine rings is 1. The van der Waals surface area contributed by atoms with E-state index in [1.165, 1.54) is 24.5 Å². The zero-order valence-corrected chi connectivity index (χ0v) is 7.85. The van der Waals surface area contributed by atoms with Gasteiger partial charge >= 0.3 is 0 Å². The Bertz CT molecular complexity index is 430. The molecular formula is C11H9FN2O. The summed E-state index contributed by atoms with van der Waals surface area (Å²) in [7, 11) is 0. The van der Waals surface area contributed by atoms with Crippen LogP contribution in [0.2, 0.25) is 0 Å². The van der Waals surface area contributed by atoms with Gasteiger partial charge < -0.3 is 10.5 Å². The van der Waals surface area contributed by atoms with Gasteiger partial charge in [0.25, 0.3) is 0 Å². The maximum absolute atomic E-state index is 13.2. The molecule has 0 fully saturated rings. The minimum absolute atomic E-state index is 0.149. The van der Waals surface area contributed by atoms with Crippen LogP contribution in [-0.4, -0.2) is 4.98 Å². The van der Waals surface area contributed by atoms with Crippen LogP contribution in [0.5, 0.6) is 11.5 Å². The highest BCUT2D eigenvalue weighted by Gasteiger charge is 2.05. The van der Waals surface area contributed by atoms with E-state index in [9.17, 15) is 4.39 Å². The van der Waals surface area contributed by atoms with Crippen LogP contribution in [0, 0.1) is 5.82 Å². The van der Waals surface area contributed by atoms with Crippen molar-refractivity contribution in [2.24, 2.45) is 0 Å². The first-order chi connectivity index (χ1) is 7.27. The van der Waals surface area contributed by atoms with E-state index in [1.807, 2.05) is 0 Å². The molecule has 1 aromatic carbocycles. The molecule has 0 saturated carbocycles. The summed E-state index contributed by atoms with van der Waals surface area (Å²) in [5, 5.41) is 0. The number of nitrogens with zero attached hydrogens (tertiary/aromatic N) is 1. The highest BCUT2D eigenvalue weighted by Crippen LogP contribution is 2.27. The molecule has 2 rings (SSSR count). The van der Waals surface area contributed by atoms with Crippen molar-refractivity contribution in [3.63, 3.8) is 0 Å². The molecule has 76 valence electrons. The van der Waals surface area contributed by atoms with Crippen molar-refractivity contribution in [3.8, 4) is 11.5 Å². The minimum atomic E-state index is -0.422. The molecule has 0 amide bonds. The lowest BCUT2D eigenvalue weighted by Gasteiger charge is -2.07. The highest BCUT2D eigenvalue weighted by molar-refractivity contribution is 5.51. The van der Waals surface area contributed by atoms with Crippen molar-refractivity contribution in [2.75, 3.05) is 5.73 Å². The van der Waals surface area contributed by atoms with E-state index >= 15 is 0 Å². The molecule has 0 saturated heterocycles. The summed E-state index contributed by atoms with van der Waals surface area (Å²) in [4.78, 5) is 3.81. The summed E-state index contributed by atoms with van der Waals surface area (Å²) < 4.78 is 18.5. The predicted octanol–water partition coefficient (Wildman–Crippen LogP) is 2.60. The summed E-state index contributed by atoms with van der Waals surface area (Å²) in [5.41, 5.74) is 5.98. The van der Waals surface area contributed by atoms with Gasteiger partial charge in [0.15, 0.2) is 17.3 Å². The summed E-state index contributed by atoms with van der Waals surface area (Å²) in [6, 6.07) is 7.73. The Morgan fingerprint density at radius 1 is 1.13 bits per heavy atom. The van der Waals surface area contributed by atoms with Gasteiger partial charge in [-0.2, -0.15) is 0 Å². The van der Waals surface area contributed by atoms with Gasteiger partial charge in [-0.25, -0.2) is 4.39 Å². The van der Waals surface area contributed by atoms with E-state index < -0.39 is 5.82 Å². The maximum Gasteiger partial charge on any atom is 0.165 e. The second-order valence-corrected chi connectivity index (χ2v) is 2.95. The fourth-order valence-electron chi connectivity index (χ4n) is 1.13. The number of benzene rings is 1. The van der Waals surface area contributed by atoms with E-state index in [4.69, 9.17) is 10.5 Å². The smallest absolute Gasteiger partial charge is 0.165 e. The molecule has 0 atom stereocenters. The second-order valence-electron chi connectivity index (χ2n) is 2.95. The van der Waals surface area contributed by atoms with Crippen molar-refractivity contribution in [1.82, 2.24) is 4.98 Å². The Morgan fingerprint density at radius 3 is 2.67 bits per heavy atom. The van der Waals surface area contributed by atoms with E-state index in [2.05, 4.69) is 4.98 Å². The number of nitrogens with two attached hydrogens (primary N) is 1. The minimum Gasteiger partial charge on any atom is -0.452 e. The van der Waals surface area contributed by atoms with Gasteiger partial charge in [0.05, 0.1) is 11.9 Å². The molecule has 0 aliphatic heterocycles. The van der Waals surface area contributed by atoms with Gasteiger partial charge in [0.2, 0.25) is 0 Å². The van der Waals surface area contributed by atoms with Crippen molar-refractivity contribution >= 4 is 5.69 Å². The standard InChI is InChI=1S/C11H9FN2O/c12-8-3-1-2-4-10(8)15-11-5-6-14-7-9(11)13/h1-7H,13H2. The Balaban J connectivity index is 2.30. The van der Waals surface area contributed by atoms with E-state index in [0.29, 0.717) is 11.4 Å². The quantitative estimate of drug-likeness (QED) is 0.817. The lowest BCUT2D eigenvalue weighted by atomic mass is 10.3. The molecule has 0 unspecified atom stereocenters.